The van der Waals surface area contributed by atoms with E-state index in [9.17, 15) is 9.18 Å². The number of ether oxygens (including phenoxy) is 1. The van der Waals surface area contributed by atoms with Crippen LogP contribution in [0.15, 0.2) is 60.7 Å². The van der Waals surface area contributed by atoms with Crippen molar-refractivity contribution in [2.45, 2.75) is 0 Å². The smallest absolute Gasteiger partial charge is 0.248 e. The predicted octanol–water partition coefficient (Wildman–Crippen LogP) is 3.80. The van der Waals surface area contributed by atoms with Gasteiger partial charge < -0.3 is 25.2 Å². The van der Waals surface area contributed by atoms with Crippen molar-refractivity contribution in [2.75, 3.05) is 62.5 Å². The zero-order valence-corrected chi connectivity index (χ0v) is 21.2. The van der Waals surface area contributed by atoms with E-state index in [1.165, 1.54) is 6.08 Å². The fourth-order valence-corrected chi connectivity index (χ4v) is 4.19. The molecule has 0 spiro atoms. The molecule has 2 aromatic heterocycles. The number of hydrogen-bond acceptors (Lipinski definition) is 8. The fourth-order valence-electron chi connectivity index (χ4n) is 4.19. The lowest BCUT2D eigenvalue weighted by Crippen LogP contribution is -2.36. The molecule has 0 atom stereocenters. The topological polar surface area (TPSA) is 111 Å². The highest BCUT2D eigenvalue weighted by atomic mass is 19.1. The summed E-state index contributed by atoms with van der Waals surface area (Å²) in [6, 6.07) is 15.0. The number of aromatic nitrogens is 4. The largest absolute Gasteiger partial charge is 0.378 e. The van der Waals surface area contributed by atoms with E-state index in [0.717, 1.165) is 24.5 Å². The van der Waals surface area contributed by atoms with E-state index in [2.05, 4.69) is 35.7 Å². The number of nitrogens with one attached hydrogen (secondary N) is 3. The van der Waals surface area contributed by atoms with E-state index < -0.39 is 5.95 Å². The van der Waals surface area contributed by atoms with E-state index in [0.29, 0.717) is 36.7 Å². The Bertz CT molecular complexity index is 1460. The third-order valence-corrected chi connectivity index (χ3v) is 6.00. The van der Waals surface area contributed by atoms with Crippen LogP contribution in [0.2, 0.25) is 0 Å². The predicted molar refractivity (Wildman–Crippen MR) is 146 cm³/mol. The van der Waals surface area contributed by atoms with Crippen LogP contribution in [0.3, 0.4) is 0 Å². The van der Waals surface area contributed by atoms with Gasteiger partial charge in [0.15, 0.2) is 5.65 Å². The van der Waals surface area contributed by atoms with Gasteiger partial charge in [0.25, 0.3) is 0 Å². The number of anilines is 4. The van der Waals surface area contributed by atoms with Crippen molar-refractivity contribution in [2.24, 2.45) is 0 Å². The van der Waals surface area contributed by atoms with Gasteiger partial charge in [0.2, 0.25) is 17.8 Å². The molecule has 0 aliphatic carbocycles. The maximum Gasteiger partial charge on any atom is 0.248 e. The van der Waals surface area contributed by atoms with Gasteiger partial charge in [-0.2, -0.15) is 9.37 Å². The molecular weight excluding hydrogens is 487 g/mol. The Labute approximate surface area is 219 Å². The minimum atomic E-state index is -0.697. The summed E-state index contributed by atoms with van der Waals surface area (Å²) in [7, 11) is 3.85. The van der Waals surface area contributed by atoms with Gasteiger partial charge in [0.05, 0.1) is 18.9 Å². The van der Waals surface area contributed by atoms with E-state index in [4.69, 9.17) is 4.74 Å². The lowest BCUT2D eigenvalue weighted by molar-refractivity contribution is -0.111. The Morgan fingerprint density at radius 2 is 1.92 bits per heavy atom. The van der Waals surface area contributed by atoms with Crippen LogP contribution in [0.1, 0.15) is 0 Å². The molecule has 4 aromatic rings. The van der Waals surface area contributed by atoms with Crippen molar-refractivity contribution >= 4 is 40.0 Å². The van der Waals surface area contributed by atoms with Gasteiger partial charge in [0.1, 0.15) is 5.39 Å². The second kappa shape index (κ2) is 11.4. The number of H-pyrrole nitrogens is 1. The first-order chi connectivity index (χ1) is 18.5. The number of likely N-dealkylation sites (N-methyl/N-ethyl adjacent to an activating group) is 1. The van der Waals surface area contributed by atoms with E-state index in [1.54, 1.807) is 30.3 Å². The van der Waals surface area contributed by atoms with Gasteiger partial charge >= 0.3 is 0 Å². The molecule has 5 rings (SSSR count). The molecule has 3 heterocycles. The van der Waals surface area contributed by atoms with Gasteiger partial charge in [-0.25, -0.2) is 4.98 Å². The lowest BCUT2D eigenvalue weighted by atomic mass is 10.1. The summed E-state index contributed by atoms with van der Waals surface area (Å²) in [6.45, 7) is 3.68. The lowest BCUT2D eigenvalue weighted by Gasteiger charge is -2.29. The summed E-state index contributed by atoms with van der Waals surface area (Å²) in [5.74, 6) is -0.665. The van der Waals surface area contributed by atoms with Crippen LogP contribution in [-0.4, -0.2) is 77.9 Å². The van der Waals surface area contributed by atoms with Crippen LogP contribution in [0.5, 0.6) is 0 Å². The third kappa shape index (κ3) is 5.96. The van der Waals surface area contributed by atoms with E-state index >= 15 is 0 Å². The number of carbonyl (C=O) groups excluding carboxylic acids is 1. The Morgan fingerprint density at radius 1 is 1.13 bits per heavy atom. The summed E-state index contributed by atoms with van der Waals surface area (Å²) in [5, 5.41) is 12.6. The molecule has 196 valence electrons. The molecule has 3 N–H and O–H groups in total. The first-order valence-electron chi connectivity index (χ1n) is 12.3. The van der Waals surface area contributed by atoms with Gasteiger partial charge in [-0.15, -0.1) is 5.10 Å². The first-order valence-corrected chi connectivity index (χ1v) is 12.3. The molecule has 38 heavy (non-hydrogen) atoms. The molecule has 0 bridgehead atoms. The third-order valence-electron chi connectivity index (χ3n) is 6.00. The number of fused-ring (bicyclic) bond motifs is 1. The summed E-state index contributed by atoms with van der Waals surface area (Å²) in [5.41, 5.74) is 3.65. The second-order valence-electron chi connectivity index (χ2n) is 9.14. The Morgan fingerprint density at radius 3 is 2.74 bits per heavy atom. The maximum atomic E-state index is 14.7. The normalized spacial score (nSPS) is 13.9. The Hall–Kier alpha value is -4.35. The molecule has 1 saturated heterocycles. The highest BCUT2D eigenvalue weighted by Gasteiger charge is 2.18. The van der Waals surface area contributed by atoms with Crippen LogP contribution in [0.25, 0.3) is 22.3 Å². The molecule has 0 saturated carbocycles. The van der Waals surface area contributed by atoms with E-state index in [-0.39, 0.29) is 22.9 Å². The fraction of sp³-hybridized carbons (Fsp3) is 0.259. The monoisotopic (exact) mass is 516 g/mol. The SMILES string of the molecule is CN(C)C/C=C/C(=O)Nc1cccc(-c2nc(Nc3cccc(N4CCOCC4)c3)nc3[nH]nc(F)c23)c1. The number of hydrogen-bond donors (Lipinski definition) is 3. The average Bonchev–Trinajstić information content (AvgIpc) is 3.29. The Kier molecular flexibility index (Phi) is 7.57. The molecule has 1 aliphatic rings. The van der Waals surface area contributed by atoms with Crippen molar-refractivity contribution in [3.05, 3.63) is 66.6 Å². The molecular formula is C27H29FN8O2. The van der Waals surface area contributed by atoms with Gasteiger partial charge in [-0.1, -0.05) is 24.3 Å². The number of halogens is 1. The molecule has 10 nitrogen and oxygen atoms in total. The number of rotatable bonds is 8. The first kappa shape index (κ1) is 25.3. The molecule has 0 unspecified atom stereocenters. The number of aromatic amines is 1. The standard InChI is InChI=1S/C27H29FN8O2/c1-35(2)11-5-10-22(37)29-19-7-3-6-18(16-19)24-23-25(28)33-34-26(23)32-27(31-24)30-20-8-4-9-21(17-20)36-12-14-38-15-13-36/h3-10,16-17H,11-15H2,1-2H3,(H,29,37)(H2,30,31,32,33,34)/b10-5+. The molecule has 0 radical (unpaired) electrons. The number of carbonyl (C=O) groups is 1. The van der Waals surface area contributed by atoms with Crippen molar-refractivity contribution in [1.29, 1.82) is 0 Å². The van der Waals surface area contributed by atoms with Crippen LogP contribution in [0.4, 0.5) is 27.4 Å². The Balaban J connectivity index is 1.43. The average molecular weight is 517 g/mol. The molecule has 11 heteroatoms. The van der Waals surface area contributed by atoms with Gasteiger partial charge in [-0.05, 0) is 44.4 Å². The highest BCUT2D eigenvalue weighted by molar-refractivity contribution is 6.00. The number of amides is 1. The van der Waals surface area contributed by atoms with Crippen molar-refractivity contribution in [3.8, 4) is 11.3 Å². The molecule has 1 aliphatic heterocycles. The van der Waals surface area contributed by atoms with Crippen LogP contribution < -0.4 is 15.5 Å². The van der Waals surface area contributed by atoms with Crippen molar-refractivity contribution in [1.82, 2.24) is 25.1 Å². The van der Waals surface area contributed by atoms with Crippen LogP contribution >= 0.6 is 0 Å². The number of benzene rings is 2. The van der Waals surface area contributed by atoms with Crippen LogP contribution in [0, 0.1) is 5.95 Å². The minimum Gasteiger partial charge on any atom is -0.378 e. The molecule has 1 fully saturated rings. The van der Waals surface area contributed by atoms with Crippen LogP contribution in [-0.2, 0) is 9.53 Å². The highest BCUT2D eigenvalue weighted by Crippen LogP contribution is 2.31. The number of morpholine rings is 1. The zero-order valence-electron chi connectivity index (χ0n) is 21.2. The second-order valence-corrected chi connectivity index (χ2v) is 9.14. The van der Waals surface area contributed by atoms with Gasteiger partial charge in [0, 0.05) is 48.3 Å². The number of nitrogens with zero attached hydrogens (tertiary/aromatic N) is 5. The van der Waals surface area contributed by atoms with E-state index in [1.807, 2.05) is 43.3 Å². The molecule has 2 aromatic carbocycles. The van der Waals surface area contributed by atoms with Gasteiger partial charge in [-0.3, -0.25) is 9.89 Å². The van der Waals surface area contributed by atoms with Crippen molar-refractivity contribution < 1.29 is 13.9 Å². The minimum absolute atomic E-state index is 0.173. The summed E-state index contributed by atoms with van der Waals surface area (Å²) >= 11 is 0. The van der Waals surface area contributed by atoms with Crippen molar-refractivity contribution in [3.63, 3.8) is 0 Å². The maximum absolute atomic E-state index is 14.7. The molecule has 1 amide bonds. The summed E-state index contributed by atoms with van der Waals surface area (Å²) in [6.07, 6.45) is 3.26. The zero-order chi connectivity index (χ0) is 26.5. The summed E-state index contributed by atoms with van der Waals surface area (Å²) in [4.78, 5) is 25.6. The quantitative estimate of drug-likeness (QED) is 0.303. The summed E-state index contributed by atoms with van der Waals surface area (Å²) < 4.78 is 20.1.